The molecule has 2 N–H and O–H groups in total. The molecule has 0 aromatic carbocycles. The highest BCUT2D eigenvalue weighted by molar-refractivity contribution is 7.92. The molecule has 0 saturated heterocycles. The van der Waals surface area contributed by atoms with Crippen molar-refractivity contribution in [3.8, 4) is 0 Å². The van der Waals surface area contributed by atoms with Gasteiger partial charge in [-0.2, -0.15) is 0 Å². The molecule has 0 unspecified atom stereocenters. The molecule has 0 radical (unpaired) electrons. The molecule has 0 fully saturated rings. The molecule has 0 amide bonds. The van der Waals surface area contributed by atoms with E-state index in [1.54, 1.807) is 25.4 Å². The van der Waals surface area contributed by atoms with E-state index in [2.05, 4.69) is 20.0 Å². The minimum atomic E-state index is -3.66. The van der Waals surface area contributed by atoms with Gasteiger partial charge in [0.15, 0.2) is 0 Å². The molecule has 2 rings (SSSR count). The third-order valence-corrected chi connectivity index (χ3v) is 3.80. The van der Waals surface area contributed by atoms with Crippen LogP contribution in [0.15, 0.2) is 41.6 Å². The Bertz CT molecular complexity index is 686. The van der Waals surface area contributed by atoms with Gasteiger partial charge >= 0.3 is 0 Å². The second-order valence-electron chi connectivity index (χ2n) is 3.95. The van der Waals surface area contributed by atoms with E-state index in [-0.39, 0.29) is 4.90 Å². The molecule has 0 saturated carbocycles. The molecule has 0 aliphatic heterocycles. The van der Waals surface area contributed by atoms with Crippen LogP contribution in [0.2, 0.25) is 0 Å². The maximum atomic E-state index is 12.2. The number of pyridine rings is 2. The Kier molecular flexibility index (Phi) is 3.66. The van der Waals surface area contributed by atoms with Gasteiger partial charge in [0, 0.05) is 25.5 Å². The zero-order chi connectivity index (χ0) is 13.9. The van der Waals surface area contributed by atoms with E-state index in [1.807, 2.05) is 6.92 Å². The summed E-state index contributed by atoms with van der Waals surface area (Å²) in [6.07, 6.45) is 2.99. The summed E-state index contributed by atoms with van der Waals surface area (Å²) in [7, 11) is -1.98. The summed E-state index contributed by atoms with van der Waals surface area (Å²) in [5.74, 6) is 0.780. The van der Waals surface area contributed by atoms with E-state index in [0.717, 1.165) is 5.56 Å². The van der Waals surface area contributed by atoms with Gasteiger partial charge in [-0.25, -0.2) is 18.4 Å². The second-order valence-corrected chi connectivity index (χ2v) is 5.63. The average molecular weight is 278 g/mol. The lowest BCUT2D eigenvalue weighted by Crippen LogP contribution is -2.14. The number of anilines is 2. The summed E-state index contributed by atoms with van der Waals surface area (Å²) in [5, 5.41) is 2.79. The van der Waals surface area contributed by atoms with Crippen molar-refractivity contribution in [1.29, 1.82) is 0 Å². The van der Waals surface area contributed by atoms with E-state index < -0.39 is 10.0 Å². The third-order valence-electron chi connectivity index (χ3n) is 2.45. The highest BCUT2D eigenvalue weighted by Gasteiger charge is 2.15. The van der Waals surface area contributed by atoms with Crippen molar-refractivity contribution in [2.45, 2.75) is 11.8 Å². The third kappa shape index (κ3) is 3.19. The van der Waals surface area contributed by atoms with E-state index in [1.165, 1.54) is 18.3 Å². The van der Waals surface area contributed by atoms with Crippen LogP contribution in [0.5, 0.6) is 0 Å². The van der Waals surface area contributed by atoms with Gasteiger partial charge in [0.1, 0.15) is 11.6 Å². The Balaban J connectivity index is 2.32. The van der Waals surface area contributed by atoms with Crippen LogP contribution in [0.1, 0.15) is 5.56 Å². The molecule has 2 aromatic rings. The van der Waals surface area contributed by atoms with E-state index in [4.69, 9.17) is 0 Å². The quantitative estimate of drug-likeness (QED) is 0.888. The summed E-state index contributed by atoms with van der Waals surface area (Å²) in [6.45, 7) is 1.87. The van der Waals surface area contributed by atoms with Crippen molar-refractivity contribution < 1.29 is 8.42 Å². The highest BCUT2D eigenvalue weighted by Crippen LogP contribution is 2.16. The van der Waals surface area contributed by atoms with Crippen LogP contribution in [0.4, 0.5) is 11.6 Å². The second kappa shape index (κ2) is 5.23. The summed E-state index contributed by atoms with van der Waals surface area (Å²) >= 11 is 0. The van der Waals surface area contributed by atoms with Gasteiger partial charge in [-0.1, -0.05) is 0 Å². The van der Waals surface area contributed by atoms with Crippen LogP contribution < -0.4 is 10.0 Å². The fraction of sp³-hybridized carbons (Fsp3) is 0.167. The predicted octanol–water partition coefficient (Wildman–Crippen LogP) is 1.63. The zero-order valence-corrected chi connectivity index (χ0v) is 11.4. The number of rotatable bonds is 4. The molecule has 19 heavy (non-hydrogen) atoms. The molecule has 0 bridgehead atoms. The Morgan fingerprint density at radius 1 is 1.05 bits per heavy atom. The van der Waals surface area contributed by atoms with Crippen LogP contribution in [0.25, 0.3) is 0 Å². The molecule has 2 aromatic heterocycles. The smallest absolute Gasteiger partial charge is 0.263 e. The van der Waals surface area contributed by atoms with Crippen molar-refractivity contribution in [3.05, 3.63) is 42.2 Å². The number of hydrogen-bond acceptors (Lipinski definition) is 5. The zero-order valence-electron chi connectivity index (χ0n) is 10.6. The molecule has 7 heteroatoms. The number of nitrogens with zero attached hydrogens (tertiary/aromatic N) is 2. The lowest BCUT2D eigenvalue weighted by atomic mass is 10.3. The number of sulfonamides is 1. The average Bonchev–Trinajstić information content (AvgIpc) is 2.38. The minimum absolute atomic E-state index is 0.134. The van der Waals surface area contributed by atoms with Crippen LogP contribution in [0, 0.1) is 6.92 Å². The van der Waals surface area contributed by atoms with E-state index in [0.29, 0.717) is 11.6 Å². The largest absolute Gasteiger partial charge is 0.373 e. The van der Waals surface area contributed by atoms with Gasteiger partial charge < -0.3 is 5.32 Å². The number of hydrogen-bond donors (Lipinski definition) is 2. The number of nitrogens with one attached hydrogen (secondary N) is 2. The standard InChI is InChI=1S/C12H14N4O2S/c1-9-3-5-15-12(7-9)16-19(17,18)10-4-6-14-11(8-10)13-2/h3-8H,1-2H3,(H,13,14)(H,15,16). The van der Waals surface area contributed by atoms with Crippen molar-refractivity contribution in [2.24, 2.45) is 0 Å². The summed E-state index contributed by atoms with van der Waals surface area (Å²) in [4.78, 5) is 8.08. The monoisotopic (exact) mass is 278 g/mol. The maximum Gasteiger partial charge on any atom is 0.263 e. The van der Waals surface area contributed by atoms with Gasteiger partial charge in [-0.15, -0.1) is 0 Å². The Morgan fingerprint density at radius 3 is 2.42 bits per heavy atom. The van der Waals surface area contributed by atoms with Crippen molar-refractivity contribution >= 4 is 21.7 Å². The summed E-state index contributed by atoms with van der Waals surface area (Å²) in [5.41, 5.74) is 0.929. The van der Waals surface area contributed by atoms with Crippen LogP contribution in [-0.4, -0.2) is 25.4 Å². The van der Waals surface area contributed by atoms with Gasteiger partial charge in [-0.3, -0.25) is 4.72 Å². The Morgan fingerprint density at radius 2 is 1.74 bits per heavy atom. The fourth-order valence-electron chi connectivity index (χ4n) is 1.50. The highest BCUT2D eigenvalue weighted by atomic mass is 32.2. The molecule has 100 valence electrons. The molecular weight excluding hydrogens is 264 g/mol. The van der Waals surface area contributed by atoms with Gasteiger partial charge in [0.05, 0.1) is 4.90 Å². The fourth-order valence-corrected chi connectivity index (χ4v) is 2.52. The first-order valence-corrected chi connectivity index (χ1v) is 7.09. The predicted molar refractivity (Wildman–Crippen MR) is 73.6 cm³/mol. The molecule has 6 nitrogen and oxygen atoms in total. The molecular formula is C12H14N4O2S. The molecule has 0 spiro atoms. The number of aromatic nitrogens is 2. The van der Waals surface area contributed by atoms with E-state index in [9.17, 15) is 8.42 Å². The lowest BCUT2D eigenvalue weighted by Gasteiger charge is -2.08. The van der Waals surface area contributed by atoms with Crippen LogP contribution in [0.3, 0.4) is 0 Å². The van der Waals surface area contributed by atoms with Gasteiger partial charge in [0.2, 0.25) is 0 Å². The van der Waals surface area contributed by atoms with Crippen LogP contribution >= 0.6 is 0 Å². The Labute approximate surface area is 112 Å². The summed E-state index contributed by atoms with van der Waals surface area (Å²) in [6, 6.07) is 6.35. The van der Waals surface area contributed by atoms with E-state index >= 15 is 0 Å². The normalized spacial score (nSPS) is 11.1. The topological polar surface area (TPSA) is 84.0 Å². The minimum Gasteiger partial charge on any atom is -0.373 e. The first-order valence-electron chi connectivity index (χ1n) is 5.60. The van der Waals surface area contributed by atoms with Crippen LogP contribution in [-0.2, 0) is 10.0 Å². The van der Waals surface area contributed by atoms with Crippen molar-refractivity contribution in [3.63, 3.8) is 0 Å². The maximum absolute atomic E-state index is 12.2. The molecule has 0 aliphatic rings. The number of aryl methyl sites for hydroxylation is 1. The molecule has 0 aliphatic carbocycles. The SMILES string of the molecule is CNc1cc(S(=O)(=O)Nc2cc(C)ccn2)ccn1. The van der Waals surface area contributed by atoms with Crippen molar-refractivity contribution in [2.75, 3.05) is 17.1 Å². The molecule has 0 atom stereocenters. The summed E-state index contributed by atoms with van der Waals surface area (Å²) < 4.78 is 26.8. The Hall–Kier alpha value is -2.15. The van der Waals surface area contributed by atoms with Crippen molar-refractivity contribution in [1.82, 2.24) is 9.97 Å². The van der Waals surface area contributed by atoms with Gasteiger partial charge in [0.25, 0.3) is 10.0 Å². The molecule has 2 heterocycles. The first-order chi connectivity index (χ1) is 9.01. The lowest BCUT2D eigenvalue weighted by molar-refractivity contribution is 0.601. The first kappa shape index (κ1) is 13.3. The van der Waals surface area contributed by atoms with Gasteiger partial charge in [-0.05, 0) is 30.7 Å².